The van der Waals surface area contributed by atoms with Crippen LogP contribution in [0.25, 0.3) is 10.8 Å². The van der Waals surface area contributed by atoms with Crippen LogP contribution in [0.3, 0.4) is 0 Å². The Balaban J connectivity index is 2.82. The van der Waals surface area contributed by atoms with Crippen LogP contribution in [0.15, 0.2) is 29.2 Å². The summed E-state index contributed by atoms with van der Waals surface area (Å²) in [6.07, 6.45) is 1.71. The number of hydrogen-bond acceptors (Lipinski definition) is 1. The summed E-state index contributed by atoms with van der Waals surface area (Å²) in [6, 6.07) is 6.17. The van der Waals surface area contributed by atoms with Crippen molar-refractivity contribution in [2.24, 2.45) is 0 Å². The van der Waals surface area contributed by atoms with E-state index >= 15 is 0 Å². The van der Waals surface area contributed by atoms with Gasteiger partial charge < -0.3 is 4.98 Å². The van der Waals surface area contributed by atoms with Gasteiger partial charge >= 0.3 is 0 Å². The molecule has 17 heavy (non-hydrogen) atoms. The minimum absolute atomic E-state index is 0.000272. The van der Waals surface area contributed by atoms with Gasteiger partial charge in [0.25, 0.3) is 5.56 Å². The lowest BCUT2D eigenvalue weighted by Gasteiger charge is -2.16. The molecule has 1 aromatic carbocycles. The van der Waals surface area contributed by atoms with Crippen molar-refractivity contribution in [3.63, 3.8) is 0 Å². The second-order valence-electron chi connectivity index (χ2n) is 5.18. The first kappa shape index (κ1) is 11.9. The molecule has 1 N–H and O–H groups in total. The highest BCUT2D eigenvalue weighted by molar-refractivity contribution is 5.83. The van der Waals surface area contributed by atoms with Crippen LogP contribution in [0.2, 0.25) is 0 Å². The maximum atomic E-state index is 11.8. The van der Waals surface area contributed by atoms with Crippen molar-refractivity contribution < 1.29 is 0 Å². The number of benzene rings is 1. The Hall–Kier alpha value is -1.57. The van der Waals surface area contributed by atoms with Crippen LogP contribution in [0.1, 0.15) is 50.7 Å². The number of pyridine rings is 1. The molecule has 0 aliphatic heterocycles. The average Bonchev–Trinajstić information content (AvgIpc) is 2.27. The molecule has 0 aliphatic rings. The zero-order valence-electron chi connectivity index (χ0n) is 10.9. The lowest BCUT2D eigenvalue weighted by atomic mass is 9.88. The predicted molar refractivity (Wildman–Crippen MR) is 72.7 cm³/mol. The van der Waals surface area contributed by atoms with Gasteiger partial charge in [-0.1, -0.05) is 33.8 Å². The third kappa shape index (κ3) is 2.12. The van der Waals surface area contributed by atoms with Gasteiger partial charge in [-0.3, -0.25) is 4.79 Å². The summed E-state index contributed by atoms with van der Waals surface area (Å²) in [5, 5.41) is 1.82. The molecule has 0 unspecified atom stereocenters. The molecule has 0 atom stereocenters. The van der Waals surface area contributed by atoms with Crippen molar-refractivity contribution in [3.05, 3.63) is 45.9 Å². The summed E-state index contributed by atoms with van der Waals surface area (Å²) in [5.74, 6) is 0.924. The molecule has 90 valence electrons. The fourth-order valence-corrected chi connectivity index (χ4v) is 2.27. The number of fused-ring (bicyclic) bond motifs is 1. The second-order valence-corrected chi connectivity index (χ2v) is 5.18. The van der Waals surface area contributed by atoms with E-state index in [-0.39, 0.29) is 5.56 Å². The summed E-state index contributed by atoms with van der Waals surface area (Å²) in [4.78, 5) is 14.5. The van der Waals surface area contributed by atoms with Gasteiger partial charge in [0.05, 0.1) is 0 Å². The Morgan fingerprint density at radius 3 is 2.18 bits per heavy atom. The molecule has 0 saturated heterocycles. The van der Waals surface area contributed by atoms with E-state index in [0.29, 0.717) is 11.8 Å². The summed E-state index contributed by atoms with van der Waals surface area (Å²) < 4.78 is 0. The molecule has 0 spiro atoms. The van der Waals surface area contributed by atoms with Crippen LogP contribution in [0.5, 0.6) is 0 Å². The van der Waals surface area contributed by atoms with Gasteiger partial charge in [0.15, 0.2) is 0 Å². The van der Waals surface area contributed by atoms with Gasteiger partial charge in [-0.15, -0.1) is 0 Å². The number of aromatic amines is 1. The van der Waals surface area contributed by atoms with Crippen molar-refractivity contribution in [3.8, 4) is 0 Å². The van der Waals surface area contributed by atoms with E-state index in [1.807, 2.05) is 12.1 Å². The van der Waals surface area contributed by atoms with Crippen LogP contribution < -0.4 is 5.56 Å². The molecule has 0 amide bonds. The van der Waals surface area contributed by atoms with Gasteiger partial charge in [-0.2, -0.15) is 0 Å². The van der Waals surface area contributed by atoms with Crippen LogP contribution in [-0.2, 0) is 0 Å². The monoisotopic (exact) mass is 229 g/mol. The molecular weight excluding hydrogens is 210 g/mol. The van der Waals surface area contributed by atoms with E-state index in [1.54, 1.807) is 6.20 Å². The maximum Gasteiger partial charge on any atom is 0.255 e. The largest absolute Gasteiger partial charge is 0.329 e. The summed E-state index contributed by atoms with van der Waals surface area (Å²) in [7, 11) is 0. The standard InChI is InChI=1S/C15H19NO/c1-9(2)12-7-11-5-6-16-15(17)14(11)8-13(12)10(3)4/h5-10H,1-4H3,(H,16,17). The molecule has 2 heteroatoms. The van der Waals surface area contributed by atoms with Crippen molar-refractivity contribution in [2.75, 3.05) is 0 Å². The Labute approximate surface area is 102 Å². The van der Waals surface area contributed by atoms with E-state index in [0.717, 1.165) is 10.8 Å². The third-order valence-corrected chi connectivity index (χ3v) is 3.22. The van der Waals surface area contributed by atoms with Crippen molar-refractivity contribution in [2.45, 2.75) is 39.5 Å². The zero-order valence-corrected chi connectivity index (χ0v) is 10.9. The topological polar surface area (TPSA) is 32.9 Å². The summed E-state index contributed by atoms with van der Waals surface area (Å²) >= 11 is 0. The Bertz CT molecular complexity index is 593. The SMILES string of the molecule is CC(C)c1cc2cc[nH]c(=O)c2cc1C(C)C. The normalized spacial score (nSPS) is 11.6. The highest BCUT2D eigenvalue weighted by atomic mass is 16.1. The minimum atomic E-state index is -0.000272. The molecule has 2 rings (SSSR count). The summed E-state index contributed by atoms with van der Waals surface area (Å²) in [6.45, 7) is 8.73. The molecule has 0 saturated carbocycles. The van der Waals surface area contributed by atoms with Gasteiger partial charge in [0, 0.05) is 11.6 Å². The first-order chi connectivity index (χ1) is 8.00. The third-order valence-electron chi connectivity index (χ3n) is 3.22. The maximum absolute atomic E-state index is 11.8. The molecule has 0 aliphatic carbocycles. The highest BCUT2D eigenvalue weighted by Gasteiger charge is 2.12. The van der Waals surface area contributed by atoms with E-state index < -0.39 is 0 Å². The van der Waals surface area contributed by atoms with E-state index in [1.165, 1.54) is 11.1 Å². The van der Waals surface area contributed by atoms with Gasteiger partial charge in [-0.25, -0.2) is 0 Å². The summed E-state index contributed by atoms with van der Waals surface area (Å²) in [5.41, 5.74) is 2.63. The Morgan fingerprint density at radius 2 is 1.59 bits per heavy atom. The first-order valence-electron chi connectivity index (χ1n) is 6.16. The second kappa shape index (κ2) is 4.36. The Kier molecular flexibility index (Phi) is 3.05. The molecular formula is C15H19NO. The van der Waals surface area contributed by atoms with Gasteiger partial charge in [0.2, 0.25) is 0 Å². The van der Waals surface area contributed by atoms with Crippen LogP contribution in [0, 0.1) is 0 Å². The van der Waals surface area contributed by atoms with E-state index in [9.17, 15) is 4.79 Å². The number of nitrogens with one attached hydrogen (secondary N) is 1. The molecule has 0 bridgehead atoms. The lowest BCUT2D eigenvalue weighted by molar-refractivity contribution is 0.792. The van der Waals surface area contributed by atoms with Gasteiger partial charge in [-0.05, 0) is 40.5 Å². The van der Waals surface area contributed by atoms with Gasteiger partial charge in [0.1, 0.15) is 0 Å². The molecule has 0 fully saturated rings. The van der Waals surface area contributed by atoms with E-state index in [2.05, 4.69) is 38.7 Å². The van der Waals surface area contributed by atoms with Crippen molar-refractivity contribution >= 4 is 10.8 Å². The highest BCUT2D eigenvalue weighted by Crippen LogP contribution is 2.29. The molecule has 2 aromatic rings. The molecule has 1 aromatic heterocycles. The number of hydrogen-bond donors (Lipinski definition) is 1. The fraction of sp³-hybridized carbons (Fsp3) is 0.400. The van der Waals surface area contributed by atoms with Crippen LogP contribution in [-0.4, -0.2) is 4.98 Å². The smallest absolute Gasteiger partial charge is 0.255 e. The predicted octanol–water partition coefficient (Wildman–Crippen LogP) is 3.77. The molecule has 2 nitrogen and oxygen atoms in total. The molecule has 0 radical (unpaired) electrons. The zero-order chi connectivity index (χ0) is 12.6. The van der Waals surface area contributed by atoms with Crippen molar-refractivity contribution in [1.82, 2.24) is 4.98 Å². The first-order valence-corrected chi connectivity index (χ1v) is 6.16. The van der Waals surface area contributed by atoms with Crippen LogP contribution in [0.4, 0.5) is 0 Å². The van der Waals surface area contributed by atoms with Crippen molar-refractivity contribution in [1.29, 1.82) is 0 Å². The average molecular weight is 229 g/mol. The van der Waals surface area contributed by atoms with E-state index in [4.69, 9.17) is 0 Å². The number of H-pyrrole nitrogens is 1. The minimum Gasteiger partial charge on any atom is -0.329 e. The number of rotatable bonds is 2. The van der Waals surface area contributed by atoms with Crippen LogP contribution >= 0.6 is 0 Å². The lowest BCUT2D eigenvalue weighted by Crippen LogP contribution is -2.07. The Morgan fingerprint density at radius 1 is 1.00 bits per heavy atom. The molecule has 1 heterocycles. The fourth-order valence-electron chi connectivity index (χ4n) is 2.27. The quantitative estimate of drug-likeness (QED) is 0.835. The number of aromatic nitrogens is 1.